The lowest BCUT2D eigenvalue weighted by Gasteiger charge is -2.28. The van der Waals surface area contributed by atoms with Gasteiger partial charge >= 0.3 is 12.1 Å². The normalized spacial score (nSPS) is 23.8. The lowest BCUT2D eigenvalue weighted by Crippen LogP contribution is -2.32. The summed E-state index contributed by atoms with van der Waals surface area (Å²) in [4.78, 5) is 20.4. The molecule has 1 saturated carbocycles. The van der Waals surface area contributed by atoms with E-state index in [1.807, 2.05) is 13.1 Å². The van der Waals surface area contributed by atoms with Crippen LogP contribution in [0, 0.1) is 18.3 Å². The standard InChI is InChI=1S/C17H23N3OS2.C2HF3O2/c1-13-19-15(10-23-13)9-21-12-17-4-2-3-14(17)7-20(11-17)8-16-18-5-6-22-16;3-2(4,5)1(6)7/h5-6,10,14H,2-4,7-9,11-12H2,1H3;(H,6,7)/t14-,17+;/m1./s1. The first-order valence-electron chi connectivity index (χ1n) is 9.57. The number of halogens is 3. The van der Waals surface area contributed by atoms with Gasteiger partial charge in [-0.15, -0.1) is 22.7 Å². The number of carboxylic acid groups (broad SMARTS) is 1. The molecule has 166 valence electrons. The zero-order valence-corrected chi connectivity index (χ0v) is 18.2. The summed E-state index contributed by atoms with van der Waals surface area (Å²) in [5, 5.41) is 13.7. The number of alkyl halides is 3. The number of aryl methyl sites for hydroxylation is 1. The number of carbonyl (C=O) groups is 1. The topological polar surface area (TPSA) is 75.5 Å². The average Bonchev–Trinajstić information content (AvgIpc) is 3.41. The number of ether oxygens (including phenoxy) is 1. The minimum atomic E-state index is -5.08. The molecular formula is C19H24F3N3O3S2. The van der Waals surface area contributed by atoms with Gasteiger partial charge in [-0.05, 0) is 25.7 Å². The SMILES string of the molecule is Cc1nc(COC[C@@]23CCC[C@@H]2CN(Cc2nccs2)C3)cs1.O=C(O)C(F)(F)F. The lowest BCUT2D eigenvalue weighted by atomic mass is 9.81. The van der Waals surface area contributed by atoms with E-state index in [0.29, 0.717) is 12.0 Å². The van der Waals surface area contributed by atoms with Crippen LogP contribution < -0.4 is 0 Å². The fourth-order valence-corrected chi connectivity index (χ4v) is 5.49. The van der Waals surface area contributed by atoms with Crippen LogP contribution in [-0.2, 0) is 22.7 Å². The maximum atomic E-state index is 10.6. The van der Waals surface area contributed by atoms with E-state index < -0.39 is 12.1 Å². The highest BCUT2D eigenvalue weighted by atomic mass is 32.1. The number of hydrogen-bond donors (Lipinski definition) is 1. The number of nitrogens with zero attached hydrogens (tertiary/aromatic N) is 3. The van der Waals surface area contributed by atoms with E-state index in [-0.39, 0.29) is 0 Å². The summed E-state index contributed by atoms with van der Waals surface area (Å²) in [5.41, 5.74) is 1.44. The van der Waals surface area contributed by atoms with Crippen molar-refractivity contribution < 1.29 is 27.8 Å². The molecule has 2 aromatic heterocycles. The van der Waals surface area contributed by atoms with Gasteiger partial charge in [-0.2, -0.15) is 13.2 Å². The smallest absolute Gasteiger partial charge is 0.475 e. The molecule has 2 fully saturated rings. The van der Waals surface area contributed by atoms with Crippen LogP contribution in [0.3, 0.4) is 0 Å². The van der Waals surface area contributed by atoms with Gasteiger partial charge in [0.05, 0.1) is 30.5 Å². The quantitative estimate of drug-likeness (QED) is 0.686. The van der Waals surface area contributed by atoms with Gasteiger partial charge in [-0.25, -0.2) is 14.8 Å². The van der Waals surface area contributed by atoms with Crippen molar-refractivity contribution in [2.45, 2.75) is 45.5 Å². The number of thiazole rings is 2. The van der Waals surface area contributed by atoms with Crippen molar-refractivity contribution in [3.05, 3.63) is 32.7 Å². The molecule has 30 heavy (non-hydrogen) atoms. The van der Waals surface area contributed by atoms with E-state index in [2.05, 4.69) is 25.6 Å². The number of carboxylic acids is 1. The number of aromatic nitrogens is 2. The third-order valence-corrected chi connectivity index (χ3v) is 7.09. The maximum Gasteiger partial charge on any atom is 0.490 e. The molecule has 0 spiro atoms. The highest BCUT2D eigenvalue weighted by Gasteiger charge is 2.49. The van der Waals surface area contributed by atoms with Gasteiger partial charge in [0.25, 0.3) is 0 Å². The molecule has 1 N–H and O–H groups in total. The van der Waals surface area contributed by atoms with Gasteiger partial charge in [-0.3, -0.25) is 4.90 Å². The first kappa shape index (κ1) is 23.1. The van der Waals surface area contributed by atoms with Gasteiger partial charge in [-0.1, -0.05) is 6.42 Å². The number of rotatable bonds is 6. The van der Waals surface area contributed by atoms with Gasteiger partial charge in [0.15, 0.2) is 0 Å². The second-order valence-electron chi connectivity index (χ2n) is 7.70. The van der Waals surface area contributed by atoms with Gasteiger partial charge in [0, 0.05) is 35.5 Å². The predicted octanol–water partition coefficient (Wildman–Crippen LogP) is 4.36. The molecular weight excluding hydrogens is 439 g/mol. The van der Waals surface area contributed by atoms with Crippen molar-refractivity contribution in [2.24, 2.45) is 11.3 Å². The van der Waals surface area contributed by atoms with Crippen LogP contribution in [0.4, 0.5) is 13.2 Å². The Morgan fingerprint density at radius 1 is 1.43 bits per heavy atom. The zero-order valence-electron chi connectivity index (χ0n) is 16.5. The average molecular weight is 464 g/mol. The molecule has 3 heterocycles. The van der Waals surface area contributed by atoms with E-state index in [9.17, 15) is 13.2 Å². The Hall–Kier alpha value is -1.56. The molecule has 0 bridgehead atoms. The lowest BCUT2D eigenvalue weighted by molar-refractivity contribution is -0.192. The number of fused-ring (bicyclic) bond motifs is 1. The van der Waals surface area contributed by atoms with Crippen LogP contribution in [-0.4, -0.2) is 51.8 Å². The van der Waals surface area contributed by atoms with Gasteiger partial charge in [0.2, 0.25) is 0 Å². The van der Waals surface area contributed by atoms with Crippen molar-refractivity contribution in [1.29, 1.82) is 0 Å². The number of likely N-dealkylation sites (tertiary alicyclic amines) is 1. The summed E-state index contributed by atoms with van der Waals surface area (Å²) >= 11 is 3.47. The molecule has 1 aliphatic carbocycles. The van der Waals surface area contributed by atoms with Gasteiger partial charge < -0.3 is 9.84 Å². The Labute approximate surface area is 180 Å². The molecule has 0 amide bonds. The molecule has 2 aromatic rings. The summed E-state index contributed by atoms with van der Waals surface area (Å²) in [6, 6.07) is 0. The Kier molecular flexibility index (Phi) is 7.48. The Morgan fingerprint density at radius 2 is 2.20 bits per heavy atom. The maximum absolute atomic E-state index is 10.6. The minimum Gasteiger partial charge on any atom is -0.475 e. The van der Waals surface area contributed by atoms with Crippen molar-refractivity contribution >= 4 is 28.6 Å². The van der Waals surface area contributed by atoms with Crippen molar-refractivity contribution in [1.82, 2.24) is 14.9 Å². The Balaban J connectivity index is 0.000000318. The molecule has 0 unspecified atom stereocenters. The van der Waals surface area contributed by atoms with E-state index in [1.54, 1.807) is 22.7 Å². The fraction of sp³-hybridized carbons (Fsp3) is 0.632. The molecule has 0 aromatic carbocycles. The van der Waals surface area contributed by atoms with E-state index in [4.69, 9.17) is 14.6 Å². The first-order chi connectivity index (χ1) is 14.2. The molecule has 1 saturated heterocycles. The van der Waals surface area contributed by atoms with E-state index >= 15 is 0 Å². The largest absolute Gasteiger partial charge is 0.490 e. The molecule has 0 radical (unpaired) electrons. The van der Waals surface area contributed by atoms with Crippen molar-refractivity contribution in [2.75, 3.05) is 19.7 Å². The summed E-state index contributed by atoms with van der Waals surface area (Å²) in [6.45, 7) is 6.95. The van der Waals surface area contributed by atoms with Crippen LogP contribution in [0.1, 0.15) is 35.0 Å². The molecule has 4 rings (SSSR count). The van der Waals surface area contributed by atoms with Crippen LogP contribution in [0.5, 0.6) is 0 Å². The summed E-state index contributed by atoms with van der Waals surface area (Å²) in [5.74, 6) is -1.97. The molecule has 6 nitrogen and oxygen atoms in total. The van der Waals surface area contributed by atoms with Crippen LogP contribution in [0.25, 0.3) is 0 Å². The summed E-state index contributed by atoms with van der Waals surface area (Å²) in [7, 11) is 0. The molecule has 2 atom stereocenters. The molecule has 1 aliphatic heterocycles. The zero-order chi connectivity index (χ0) is 21.8. The second-order valence-corrected chi connectivity index (χ2v) is 9.74. The predicted molar refractivity (Wildman–Crippen MR) is 107 cm³/mol. The van der Waals surface area contributed by atoms with E-state index in [0.717, 1.165) is 36.3 Å². The number of aliphatic carboxylic acids is 1. The van der Waals surface area contributed by atoms with Crippen molar-refractivity contribution in [3.63, 3.8) is 0 Å². The third-order valence-electron chi connectivity index (χ3n) is 5.50. The van der Waals surface area contributed by atoms with Crippen LogP contribution in [0.15, 0.2) is 17.0 Å². The first-order valence-corrected chi connectivity index (χ1v) is 11.3. The summed E-state index contributed by atoms with van der Waals surface area (Å²) < 4.78 is 37.8. The molecule has 11 heteroatoms. The highest BCUT2D eigenvalue weighted by Crippen LogP contribution is 2.49. The van der Waals surface area contributed by atoms with Crippen LogP contribution in [0.2, 0.25) is 0 Å². The monoisotopic (exact) mass is 463 g/mol. The second kappa shape index (κ2) is 9.71. The summed E-state index contributed by atoms with van der Waals surface area (Å²) in [6.07, 6.45) is 0.843. The van der Waals surface area contributed by atoms with Crippen molar-refractivity contribution in [3.8, 4) is 0 Å². The Bertz CT molecular complexity index is 829. The van der Waals surface area contributed by atoms with Gasteiger partial charge in [0.1, 0.15) is 5.01 Å². The van der Waals surface area contributed by atoms with Crippen LogP contribution >= 0.6 is 22.7 Å². The third kappa shape index (κ3) is 5.99. The Morgan fingerprint density at radius 3 is 2.80 bits per heavy atom. The fourth-order valence-electron chi connectivity index (χ4n) is 4.24. The molecule has 2 aliphatic rings. The highest BCUT2D eigenvalue weighted by molar-refractivity contribution is 7.09. The minimum absolute atomic E-state index is 0.363. The number of hydrogen-bond acceptors (Lipinski definition) is 7. The van der Waals surface area contributed by atoms with E-state index in [1.165, 1.54) is 30.8 Å².